The Balaban J connectivity index is 1.64. The van der Waals surface area contributed by atoms with Gasteiger partial charge in [0.1, 0.15) is 23.1 Å². The smallest absolute Gasteiger partial charge is 0.293 e. The molecular formula is C26H23ClF2N4O2. The lowest BCUT2D eigenvalue weighted by molar-refractivity contribution is -0.115. The second-order valence-electron chi connectivity index (χ2n) is 7.81. The fourth-order valence-electron chi connectivity index (χ4n) is 3.69. The van der Waals surface area contributed by atoms with Crippen molar-refractivity contribution in [1.29, 1.82) is 5.41 Å². The number of allylic oxidation sites excluding steroid dienone is 1. The largest absolute Gasteiger partial charge is 0.449 e. The van der Waals surface area contributed by atoms with Gasteiger partial charge in [0.15, 0.2) is 0 Å². The summed E-state index contributed by atoms with van der Waals surface area (Å²) in [6.07, 6.45) is 1.10. The van der Waals surface area contributed by atoms with Crippen molar-refractivity contribution in [2.24, 2.45) is 0 Å². The lowest BCUT2D eigenvalue weighted by Gasteiger charge is -2.30. The average molecular weight is 497 g/mol. The summed E-state index contributed by atoms with van der Waals surface area (Å²) < 4.78 is 33.4. The monoisotopic (exact) mass is 496 g/mol. The van der Waals surface area contributed by atoms with Crippen LogP contribution in [-0.4, -0.2) is 43.2 Å². The van der Waals surface area contributed by atoms with E-state index in [2.05, 4.69) is 10.6 Å². The molecule has 1 aliphatic rings. The molecule has 4 rings (SSSR count). The van der Waals surface area contributed by atoms with Crippen LogP contribution in [0.25, 0.3) is 11.1 Å². The molecule has 0 atom stereocenters. The Morgan fingerprint density at radius 2 is 1.71 bits per heavy atom. The number of amides is 1. The first-order valence-corrected chi connectivity index (χ1v) is 11.3. The Morgan fingerprint density at radius 1 is 1.03 bits per heavy atom. The third-order valence-electron chi connectivity index (χ3n) is 5.45. The SMILES string of the molecule is N=C/C(=C(/Oc1ccc(-c2ccc(F)cc2F)cc1)C(=O)Nc1ccc(Cl)cc1)N1CCNCC1. The van der Waals surface area contributed by atoms with Crippen LogP contribution in [0.15, 0.2) is 78.2 Å². The average Bonchev–Trinajstić information content (AvgIpc) is 2.86. The first kappa shape index (κ1) is 24.4. The number of nitrogens with one attached hydrogen (secondary N) is 3. The van der Waals surface area contributed by atoms with Crippen LogP contribution in [0.3, 0.4) is 0 Å². The molecule has 1 fully saturated rings. The highest BCUT2D eigenvalue weighted by atomic mass is 35.5. The van der Waals surface area contributed by atoms with Gasteiger partial charge in [0, 0.05) is 54.7 Å². The van der Waals surface area contributed by atoms with Gasteiger partial charge in [-0.25, -0.2) is 8.78 Å². The maximum absolute atomic E-state index is 14.2. The molecule has 3 aromatic carbocycles. The van der Waals surface area contributed by atoms with E-state index in [-0.39, 0.29) is 11.3 Å². The van der Waals surface area contributed by atoms with Crippen LogP contribution in [0.5, 0.6) is 5.75 Å². The molecule has 1 saturated heterocycles. The Bertz CT molecular complexity index is 1240. The van der Waals surface area contributed by atoms with Gasteiger partial charge in [-0.2, -0.15) is 0 Å². The molecule has 0 aliphatic carbocycles. The molecular weight excluding hydrogens is 474 g/mol. The van der Waals surface area contributed by atoms with Crippen LogP contribution >= 0.6 is 11.6 Å². The van der Waals surface area contributed by atoms with Crippen LogP contribution in [0.2, 0.25) is 5.02 Å². The Kier molecular flexibility index (Phi) is 7.74. The molecule has 6 nitrogen and oxygen atoms in total. The number of benzene rings is 3. The highest BCUT2D eigenvalue weighted by Gasteiger charge is 2.23. The molecule has 0 unspecified atom stereocenters. The van der Waals surface area contributed by atoms with Gasteiger partial charge in [-0.1, -0.05) is 23.7 Å². The van der Waals surface area contributed by atoms with Crippen LogP contribution in [0.1, 0.15) is 0 Å². The first-order chi connectivity index (χ1) is 16.9. The van der Waals surface area contributed by atoms with E-state index in [4.69, 9.17) is 21.7 Å². The molecule has 0 saturated carbocycles. The van der Waals surface area contributed by atoms with Crippen molar-refractivity contribution in [2.75, 3.05) is 31.5 Å². The zero-order valence-electron chi connectivity index (χ0n) is 18.7. The van der Waals surface area contributed by atoms with Gasteiger partial charge in [-0.3, -0.25) is 4.79 Å². The van der Waals surface area contributed by atoms with Crippen molar-refractivity contribution >= 4 is 29.4 Å². The lowest BCUT2D eigenvalue weighted by Crippen LogP contribution is -2.44. The number of nitrogens with zero attached hydrogens (tertiary/aromatic N) is 1. The van der Waals surface area contributed by atoms with Gasteiger partial charge in [-0.15, -0.1) is 0 Å². The van der Waals surface area contributed by atoms with E-state index < -0.39 is 17.5 Å². The molecule has 1 amide bonds. The molecule has 1 aliphatic heterocycles. The number of ether oxygens (including phenoxy) is 1. The summed E-state index contributed by atoms with van der Waals surface area (Å²) in [6.45, 7) is 2.63. The van der Waals surface area contributed by atoms with Crippen LogP contribution < -0.4 is 15.4 Å². The predicted molar refractivity (Wildman–Crippen MR) is 133 cm³/mol. The van der Waals surface area contributed by atoms with Crippen molar-refractivity contribution in [3.05, 3.63) is 94.8 Å². The molecule has 3 N–H and O–H groups in total. The van der Waals surface area contributed by atoms with E-state index in [0.29, 0.717) is 53.9 Å². The van der Waals surface area contributed by atoms with Crippen molar-refractivity contribution in [3.63, 3.8) is 0 Å². The first-order valence-electron chi connectivity index (χ1n) is 11.0. The molecule has 3 aromatic rings. The zero-order valence-corrected chi connectivity index (χ0v) is 19.4. The van der Waals surface area contributed by atoms with E-state index in [0.717, 1.165) is 12.3 Å². The molecule has 0 bridgehead atoms. The standard InChI is InChI=1S/C26H23ClF2N4O2/c27-18-3-6-20(7-4-18)32-26(34)25(24(16-30)33-13-11-31-12-14-33)35-21-8-1-17(2-9-21)22-10-5-19(28)15-23(22)29/h1-10,15-16,30-31H,11-14H2,(H,32,34)/b25-24-,30-16?. The van der Waals surface area contributed by atoms with Gasteiger partial charge in [-0.05, 0) is 54.1 Å². The van der Waals surface area contributed by atoms with Crippen molar-refractivity contribution in [2.45, 2.75) is 0 Å². The normalized spacial score (nSPS) is 14.2. The molecule has 180 valence electrons. The van der Waals surface area contributed by atoms with E-state index >= 15 is 0 Å². The number of piperazine rings is 1. The third kappa shape index (κ3) is 6.03. The highest BCUT2D eigenvalue weighted by Crippen LogP contribution is 2.27. The number of hydrogen-bond acceptors (Lipinski definition) is 5. The predicted octanol–water partition coefficient (Wildman–Crippen LogP) is 5.07. The number of hydrogen-bond donors (Lipinski definition) is 3. The second kappa shape index (κ2) is 11.1. The van der Waals surface area contributed by atoms with E-state index in [1.54, 1.807) is 48.5 Å². The number of carbonyl (C=O) groups excluding carboxylic acids is 1. The third-order valence-corrected chi connectivity index (χ3v) is 5.70. The molecule has 35 heavy (non-hydrogen) atoms. The second-order valence-corrected chi connectivity index (χ2v) is 8.24. The Morgan fingerprint density at radius 3 is 2.34 bits per heavy atom. The summed E-state index contributed by atoms with van der Waals surface area (Å²) in [6, 6.07) is 16.4. The quantitative estimate of drug-likeness (QED) is 0.242. The summed E-state index contributed by atoms with van der Waals surface area (Å²) in [5.74, 6) is -1.58. The number of carbonyl (C=O) groups is 1. The topological polar surface area (TPSA) is 77.5 Å². The fraction of sp³-hybridized carbons (Fsp3) is 0.154. The summed E-state index contributed by atoms with van der Waals surface area (Å²) in [4.78, 5) is 15.2. The van der Waals surface area contributed by atoms with Crippen LogP contribution in [0.4, 0.5) is 14.5 Å². The van der Waals surface area contributed by atoms with Crippen molar-refractivity contribution < 1.29 is 18.3 Å². The van der Waals surface area contributed by atoms with Crippen molar-refractivity contribution in [1.82, 2.24) is 10.2 Å². The lowest BCUT2D eigenvalue weighted by atomic mass is 10.1. The van der Waals surface area contributed by atoms with E-state index in [1.807, 2.05) is 4.90 Å². The van der Waals surface area contributed by atoms with Crippen LogP contribution in [0, 0.1) is 17.0 Å². The van der Waals surface area contributed by atoms with E-state index in [9.17, 15) is 13.6 Å². The van der Waals surface area contributed by atoms with Gasteiger partial charge in [0.05, 0.1) is 0 Å². The van der Waals surface area contributed by atoms with Gasteiger partial charge in [0.25, 0.3) is 5.91 Å². The number of rotatable bonds is 7. The summed E-state index contributed by atoms with van der Waals surface area (Å²) >= 11 is 5.94. The van der Waals surface area contributed by atoms with Gasteiger partial charge >= 0.3 is 0 Å². The molecule has 0 spiro atoms. The highest BCUT2D eigenvalue weighted by molar-refractivity contribution is 6.30. The van der Waals surface area contributed by atoms with Crippen LogP contribution in [-0.2, 0) is 4.79 Å². The minimum absolute atomic E-state index is 0.0439. The van der Waals surface area contributed by atoms with Gasteiger partial charge < -0.3 is 25.7 Å². The molecule has 0 radical (unpaired) electrons. The minimum Gasteiger partial charge on any atom is -0.449 e. The Hall–Kier alpha value is -3.75. The fourth-order valence-corrected chi connectivity index (χ4v) is 3.81. The van der Waals surface area contributed by atoms with E-state index in [1.165, 1.54) is 12.1 Å². The Labute approximate surface area is 206 Å². The molecule has 1 heterocycles. The number of halogens is 3. The summed E-state index contributed by atoms with van der Waals surface area (Å²) in [5, 5.41) is 14.5. The maximum atomic E-state index is 14.2. The molecule has 9 heteroatoms. The maximum Gasteiger partial charge on any atom is 0.293 e. The number of anilines is 1. The minimum atomic E-state index is -0.675. The van der Waals surface area contributed by atoms with Gasteiger partial charge in [0.2, 0.25) is 5.76 Å². The zero-order chi connectivity index (χ0) is 24.8. The summed E-state index contributed by atoms with van der Waals surface area (Å²) in [5.41, 5.74) is 1.63. The molecule has 0 aromatic heterocycles. The summed E-state index contributed by atoms with van der Waals surface area (Å²) in [7, 11) is 0. The van der Waals surface area contributed by atoms with Crippen molar-refractivity contribution in [3.8, 4) is 16.9 Å².